The maximum atomic E-state index is 13.0. The largest absolute Gasteiger partial charge is 0.479 e. The summed E-state index contributed by atoms with van der Waals surface area (Å²) in [5.74, 6) is -2.58. The van der Waals surface area contributed by atoms with Gasteiger partial charge in [0.15, 0.2) is 5.54 Å². The van der Waals surface area contributed by atoms with Crippen molar-refractivity contribution in [3.8, 4) is 0 Å². The summed E-state index contributed by atoms with van der Waals surface area (Å²) in [6.45, 7) is 14.5. The molecule has 12 heteroatoms. The SMILES string of the molecule is CC(C)(C)OC(=O)N=C(NC(=O)C[C@@](NC(=O)OC(C)(C)C)(C(=O)O)C(C)(C)C)n1cccn1. The summed E-state index contributed by atoms with van der Waals surface area (Å²) < 4.78 is 11.5. The average molecular weight is 482 g/mol. The van der Waals surface area contributed by atoms with Gasteiger partial charge in [-0.1, -0.05) is 20.8 Å². The van der Waals surface area contributed by atoms with Crippen molar-refractivity contribution in [1.29, 1.82) is 0 Å². The molecule has 0 unspecified atom stereocenters. The number of hydrogen-bond acceptors (Lipinski definition) is 7. The molecule has 0 fully saturated rings. The highest BCUT2D eigenvalue weighted by atomic mass is 16.6. The molecule has 0 aliphatic heterocycles. The summed E-state index contributed by atoms with van der Waals surface area (Å²) in [4.78, 5) is 53.8. The Morgan fingerprint density at radius 1 is 0.971 bits per heavy atom. The summed E-state index contributed by atoms with van der Waals surface area (Å²) in [5.41, 5.74) is -4.90. The first kappa shape index (κ1) is 28.6. The summed E-state index contributed by atoms with van der Waals surface area (Å²) in [5, 5.41) is 18.8. The lowest BCUT2D eigenvalue weighted by atomic mass is 9.71. The van der Waals surface area contributed by atoms with Crippen LogP contribution in [0.3, 0.4) is 0 Å². The van der Waals surface area contributed by atoms with Crippen molar-refractivity contribution in [3.05, 3.63) is 18.5 Å². The quantitative estimate of drug-likeness (QED) is 0.437. The van der Waals surface area contributed by atoms with E-state index in [4.69, 9.17) is 9.47 Å². The minimum Gasteiger partial charge on any atom is -0.479 e. The fourth-order valence-corrected chi connectivity index (χ4v) is 2.74. The van der Waals surface area contributed by atoms with E-state index in [0.29, 0.717) is 0 Å². The Balaban J connectivity index is 3.28. The zero-order valence-electron chi connectivity index (χ0n) is 21.2. The Morgan fingerprint density at radius 2 is 1.53 bits per heavy atom. The Hall–Kier alpha value is -3.44. The van der Waals surface area contributed by atoms with Crippen LogP contribution >= 0.6 is 0 Å². The first-order valence-corrected chi connectivity index (χ1v) is 10.6. The second-order valence-corrected chi connectivity index (χ2v) is 10.7. The number of alkyl carbamates (subject to hydrolysis) is 1. The highest BCUT2D eigenvalue weighted by Crippen LogP contribution is 2.34. The minimum atomic E-state index is -2.05. The molecule has 0 aliphatic rings. The van der Waals surface area contributed by atoms with Gasteiger partial charge in [0, 0.05) is 12.4 Å². The number of carbonyl (C=O) groups excluding carboxylic acids is 3. The molecule has 0 saturated carbocycles. The fraction of sp³-hybridized carbons (Fsp3) is 0.636. The zero-order valence-corrected chi connectivity index (χ0v) is 21.2. The Bertz CT molecular complexity index is 934. The van der Waals surface area contributed by atoms with Crippen molar-refractivity contribution < 1.29 is 33.8 Å². The maximum Gasteiger partial charge on any atom is 0.437 e. The number of hydrogen-bond donors (Lipinski definition) is 3. The van der Waals surface area contributed by atoms with Gasteiger partial charge in [0.25, 0.3) is 0 Å². The lowest BCUT2D eigenvalue weighted by molar-refractivity contribution is -0.152. The van der Waals surface area contributed by atoms with E-state index in [-0.39, 0.29) is 5.96 Å². The van der Waals surface area contributed by atoms with Crippen molar-refractivity contribution in [3.63, 3.8) is 0 Å². The predicted molar refractivity (Wildman–Crippen MR) is 123 cm³/mol. The number of aliphatic carboxylic acids is 1. The van der Waals surface area contributed by atoms with Crippen molar-refractivity contribution >= 4 is 30.0 Å². The molecule has 1 aromatic rings. The van der Waals surface area contributed by atoms with E-state index in [0.717, 1.165) is 4.68 Å². The predicted octanol–water partition coefficient (Wildman–Crippen LogP) is 2.92. The highest BCUT2D eigenvalue weighted by molar-refractivity contribution is 6.03. The number of nitrogens with zero attached hydrogens (tertiary/aromatic N) is 3. The van der Waals surface area contributed by atoms with Gasteiger partial charge in [-0.2, -0.15) is 5.10 Å². The topological polar surface area (TPSA) is 161 Å². The Kier molecular flexibility index (Phi) is 8.60. The number of ether oxygens (including phenoxy) is 2. The van der Waals surface area contributed by atoms with Crippen LogP contribution in [0.1, 0.15) is 68.7 Å². The van der Waals surface area contributed by atoms with Crippen molar-refractivity contribution in [2.24, 2.45) is 10.4 Å². The van der Waals surface area contributed by atoms with Crippen LogP contribution in [-0.2, 0) is 19.1 Å². The van der Waals surface area contributed by atoms with Crippen LogP contribution in [0.15, 0.2) is 23.5 Å². The molecule has 34 heavy (non-hydrogen) atoms. The lowest BCUT2D eigenvalue weighted by Gasteiger charge is -2.41. The molecule has 1 aromatic heterocycles. The van der Waals surface area contributed by atoms with E-state index in [1.807, 2.05) is 0 Å². The summed E-state index contributed by atoms with van der Waals surface area (Å²) in [6.07, 6.45) is 0.159. The molecule has 0 spiro atoms. The van der Waals surface area contributed by atoms with E-state index < -0.39 is 52.6 Å². The standard InChI is InChI=1S/C22H35N5O7/c1-19(2,3)22(15(29)30,26-18(32)34-21(7,8)9)13-14(28)24-16(27-12-10-11-23-27)25-17(31)33-20(4,5)6/h10-12H,13H2,1-9H3,(H,26,32)(H,29,30)(H,24,25,28,31)/t22-/m1/s1. The van der Waals surface area contributed by atoms with Crippen molar-refractivity contribution in [1.82, 2.24) is 20.4 Å². The van der Waals surface area contributed by atoms with E-state index in [1.54, 1.807) is 62.3 Å². The Morgan fingerprint density at radius 3 is 1.94 bits per heavy atom. The van der Waals surface area contributed by atoms with E-state index in [9.17, 15) is 24.3 Å². The van der Waals surface area contributed by atoms with Crippen LogP contribution in [0.5, 0.6) is 0 Å². The van der Waals surface area contributed by atoms with Crippen LogP contribution in [0.25, 0.3) is 0 Å². The summed E-state index contributed by atoms with van der Waals surface area (Å²) in [6, 6.07) is 1.54. The number of amides is 3. The van der Waals surface area contributed by atoms with Gasteiger partial charge in [-0.3, -0.25) is 10.1 Å². The van der Waals surface area contributed by atoms with Gasteiger partial charge < -0.3 is 19.9 Å². The van der Waals surface area contributed by atoms with Crippen LogP contribution in [0.4, 0.5) is 9.59 Å². The first-order chi connectivity index (χ1) is 15.3. The van der Waals surface area contributed by atoms with Gasteiger partial charge in [0.05, 0.1) is 6.42 Å². The molecule has 0 saturated heterocycles. The summed E-state index contributed by atoms with van der Waals surface area (Å²) in [7, 11) is 0. The molecule has 190 valence electrons. The third-order valence-corrected chi connectivity index (χ3v) is 4.35. The first-order valence-electron chi connectivity index (χ1n) is 10.6. The number of carbonyl (C=O) groups is 4. The maximum absolute atomic E-state index is 13.0. The van der Waals surface area contributed by atoms with Gasteiger partial charge in [-0.15, -0.1) is 4.99 Å². The minimum absolute atomic E-state index is 0.297. The highest BCUT2D eigenvalue weighted by Gasteiger charge is 2.52. The molecule has 12 nitrogen and oxygen atoms in total. The van der Waals surface area contributed by atoms with Gasteiger partial charge in [-0.25, -0.2) is 19.1 Å². The summed E-state index contributed by atoms with van der Waals surface area (Å²) >= 11 is 0. The fourth-order valence-electron chi connectivity index (χ4n) is 2.74. The molecule has 0 aromatic carbocycles. The number of rotatable bonds is 4. The van der Waals surface area contributed by atoms with Gasteiger partial charge >= 0.3 is 18.2 Å². The van der Waals surface area contributed by atoms with Gasteiger partial charge in [-0.05, 0) is 53.0 Å². The monoisotopic (exact) mass is 481 g/mol. The second-order valence-electron chi connectivity index (χ2n) is 10.7. The number of carboxylic acids is 1. The molecule has 1 atom stereocenters. The van der Waals surface area contributed by atoms with Crippen molar-refractivity contribution in [2.75, 3.05) is 0 Å². The second kappa shape index (κ2) is 10.2. The molecular weight excluding hydrogens is 446 g/mol. The molecule has 3 amide bonds. The normalized spacial score (nSPS) is 14.6. The van der Waals surface area contributed by atoms with Crippen LogP contribution in [0.2, 0.25) is 0 Å². The lowest BCUT2D eigenvalue weighted by Crippen LogP contribution is -2.64. The van der Waals surface area contributed by atoms with E-state index in [1.165, 1.54) is 18.5 Å². The molecule has 0 bridgehead atoms. The molecular formula is C22H35N5O7. The average Bonchev–Trinajstić information content (AvgIpc) is 3.10. The van der Waals surface area contributed by atoms with E-state index in [2.05, 4.69) is 20.7 Å². The number of carboxylic acid groups (broad SMARTS) is 1. The molecule has 1 heterocycles. The number of aliphatic imine (C=N–C) groups is 1. The molecule has 1 rings (SSSR count). The third kappa shape index (κ3) is 8.49. The molecule has 0 radical (unpaired) electrons. The Labute approximate surface area is 199 Å². The molecule has 3 N–H and O–H groups in total. The number of nitrogens with one attached hydrogen (secondary N) is 2. The van der Waals surface area contributed by atoms with E-state index >= 15 is 0 Å². The van der Waals surface area contributed by atoms with Crippen LogP contribution in [0, 0.1) is 5.41 Å². The number of aromatic nitrogens is 2. The van der Waals surface area contributed by atoms with Crippen LogP contribution in [-0.4, -0.2) is 61.7 Å². The van der Waals surface area contributed by atoms with Gasteiger partial charge in [0.2, 0.25) is 11.9 Å². The van der Waals surface area contributed by atoms with Crippen molar-refractivity contribution in [2.45, 2.75) is 85.5 Å². The zero-order chi connectivity index (χ0) is 26.5. The van der Waals surface area contributed by atoms with Gasteiger partial charge in [0.1, 0.15) is 11.2 Å². The van der Waals surface area contributed by atoms with Crippen LogP contribution < -0.4 is 10.6 Å². The molecule has 0 aliphatic carbocycles. The smallest absolute Gasteiger partial charge is 0.437 e. The third-order valence-electron chi connectivity index (χ3n) is 4.35.